The minimum absolute atomic E-state index is 0.180. The van der Waals surface area contributed by atoms with Crippen LogP contribution >= 0.6 is 0 Å². The van der Waals surface area contributed by atoms with Crippen molar-refractivity contribution in [3.05, 3.63) is 66.0 Å². The molecule has 1 saturated heterocycles. The van der Waals surface area contributed by atoms with Gasteiger partial charge in [0.1, 0.15) is 6.04 Å². The Kier molecular flexibility index (Phi) is 5.98. The number of nitrogens with zero attached hydrogens (tertiary/aromatic N) is 4. The van der Waals surface area contributed by atoms with Gasteiger partial charge in [-0.05, 0) is 29.2 Å². The average molecular weight is 348 g/mol. The molecule has 0 bridgehead atoms. The van der Waals surface area contributed by atoms with Gasteiger partial charge in [0.05, 0.1) is 6.07 Å². The van der Waals surface area contributed by atoms with Crippen LogP contribution in [0.25, 0.3) is 0 Å². The number of carbonyl (C=O) groups excluding carboxylic acids is 1. The van der Waals surface area contributed by atoms with Gasteiger partial charge in [0, 0.05) is 45.0 Å². The number of nitriles is 1. The predicted octanol–water partition coefficient (Wildman–Crippen LogP) is 2.98. The third-order valence-corrected chi connectivity index (χ3v) is 5.03. The Bertz CT molecular complexity index is 749. The number of hydrogen-bond acceptors (Lipinski definition) is 4. The van der Waals surface area contributed by atoms with E-state index < -0.39 is 0 Å². The second-order valence-corrected chi connectivity index (χ2v) is 6.74. The molecule has 1 fully saturated rings. The molecule has 0 spiro atoms. The lowest BCUT2D eigenvalue weighted by Crippen LogP contribution is -2.49. The van der Waals surface area contributed by atoms with E-state index in [9.17, 15) is 10.1 Å². The van der Waals surface area contributed by atoms with Gasteiger partial charge in [-0.2, -0.15) is 5.26 Å². The van der Waals surface area contributed by atoms with Crippen molar-refractivity contribution in [2.75, 3.05) is 26.2 Å². The maximum Gasteiger partial charge on any atom is 0.223 e. The fourth-order valence-electron chi connectivity index (χ4n) is 3.43. The fourth-order valence-corrected chi connectivity index (χ4v) is 3.43. The Hall–Kier alpha value is -2.71. The highest BCUT2D eigenvalue weighted by Gasteiger charge is 2.27. The molecule has 134 valence electrons. The lowest BCUT2D eigenvalue weighted by atomic mass is 9.98. The number of pyridine rings is 1. The van der Waals surface area contributed by atoms with Gasteiger partial charge in [0.15, 0.2) is 0 Å². The van der Waals surface area contributed by atoms with Crippen molar-refractivity contribution in [3.8, 4) is 6.07 Å². The molecule has 1 aliphatic heterocycles. The highest BCUT2D eigenvalue weighted by atomic mass is 16.2. The zero-order valence-corrected chi connectivity index (χ0v) is 15.1. The van der Waals surface area contributed by atoms with Gasteiger partial charge in [-0.15, -0.1) is 0 Å². The molecular weight excluding hydrogens is 324 g/mol. The molecule has 0 radical (unpaired) electrons. The Morgan fingerprint density at radius 2 is 1.73 bits per heavy atom. The first kappa shape index (κ1) is 18.1. The van der Waals surface area contributed by atoms with Crippen LogP contribution in [-0.4, -0.2) is 46.9 Å². The zero-order valence-electron chi connectivity index (χ0n) is 15.1. The standard InChI is InChI=1S/C21H24N4O/c1-17(18-7-9-23-10-8-18)15-21(26)25-13-11-24(12-14-25)20(16-22)19-5-3-2-4-6-19/h2-10,17,20H,11-15H2,1H3/t17-,20-/m0/s1. The molecule has 26 heavy (non-hydrogen) atoms. The van der Waals surface area contributed by atoms with Crippen LogP contribution < -0.4 is 0 Å². The van der Waals surface area contributed by atoms with Crippen molar-refractivity contribution in [1.29, 1.82) is 5.26 Å². The van der Waals surface area contributed by atoms with Gasteiger partial charge >= 0.3 is 0 Å². The molecule has 0 saturated carbocycles. The van der Waals surface area contributed by atoms with Gasteiger partial charge in [0.2, 0.25) is 5.91 Å². The Morgan fingerprint density at radius 3 is 2.35 bits per heavy atom. The van der Waals surface area contributed by atoms with Crippen molar-refractivity contribution < 1.29 is 4.79 Å². The number of amides is 1. The molecule has 1 amide bonds. The largest absolute Gasteiger partial charge is 0.340 e. The van der Waals surface area contributed by atoms with E-state index in [-0.39, 0.29) is 17.9 Å². The predicted molar refractivity (Wildman–Crippen MR) is 100 cm³/mol. The first-order valence-electron chi connectivity index (χ1n) is 9.05. The lowest BCUT2D eigenvalue weighted by molar-refractivity contribution is -0.133. The monoisotopic (exact) mass is 348 g/mol. The number of aromatic nitrogens is 1. The summed E-state index contributed by atoms with van der Waals surface area (Å²) in [5.74, 6) is 0.363. The maximum atomic E-state index is 12.6. The molecule has 2 aromatic rings. The van der Waals surface area contributed by atoms with Crippen LogP contribution in [0.15, 0.2) is 54.9 Å². The summed E-state index contributed by atoms with van der Waals surface area (Å²) in [6.45, 7) is 4.87. The zero-order chi connectivity index (χ0) is 18.4. The normalized spacial score (nSPS) is 17.3. The lowest BCUT2D eigenvalue weighted by Gasteiger charge is -2.37. The van der Waals surface area contributed by atoms with Gasteiger partial charge in [0.25, 0.3) is 0 Å². The minimum atomic E-state index is -0.246. The van der Waals surface area contributed by atoms with E-state index in [1.807, 2.05) is 47.4 Å². The molecule has 1 aromatic heterocycles. The maximum absolute atomic E-state index is 12.6. The van der Waals surface area contributed by atoms with E-state index in [1.165, 1.54) is 0 Å². The Morgan fingerprint density at radius 1 is 1.08 bits per heavy atom. The first-order valence-corrected chi connectivity index (χ1v) is 9.05. The van der Waals surface area contributed by atoms with Crippen molar-refractivity contribution in [2.24, 2.45) is 0 Å². The fraction of sp³-hybridized carbons (Fsp3) is 0.381. The number of carbonyl (C=O) groups is 1. The molecule has 0 N–H and O–H groups in total. The third kappa shape index (κ3) is 4.27. The van der Waals surface area contributed by atoms with E-state index in [4.69, 9.17) is 0 Å². The second-order valence-electron chi connectivity index (χ2n) is 6.74. The summed E-state index contributed by atoms with van der Waals surface area (Å²) >= 11 is 0. The summed E-state index contributed by atoms with van der Waals surface area (Å²) in [6.07, 6.45) is 4.03. The van der Waals surface area contributed by atoms with Crippen LogP contribution in [0.1, 0.15) is 36.4 Å². The molecule has 1 aromatic carbocycles. The molecular formula is C21H24N4O. The highest BCUT2D eigenvalue weighted by molar-refractivity contribution is 5.77. The summed E-state index contributed by atoms with van der Waals surface area (Å²) in [7, 11) is 0. The highest BCUT2D eigenvalue weighted by Crippen LogP contribution is 2.23. The molecule has 2 atom stereocenters. The number of hydrogen-bond donors (Lipinski definition) is 0. The molecule has 2 heterocycles. The van der Waals surface area contributed by atoms with Crippen molar-refractivity contribution in [1.82, 2.24) is 14.8 Å². The molecule has 5 nitrogen and oxygen atoms in total. The van der Waals surface area contributed by atoms with E-state index in [0.717, 1.165) is 24.2 Å². The molecule has 0 aliphatic carbocycles. The SMILES string of the molecule is C[C@@H](CC(=O)N1CCN([C@@H](C#N)c2ccccc2)CC1)c1ccncc1. The number of rotatable bonds is 5. The second kappa shape index (κ2) is 8.59. The average Bonchev–Trinajstić information content (AvgIpc) is 2.70. The minimum Gasteiger partial charge on any atom is -0.340 e. The van der Waals surface area contributed by atoms with Crippen LogP contribution in [0, 0.1) is 11.3 Å². The van der Waals surface area contributed by atoms with Gasteiger partial charge in [-0.25, -0.2) is 0 Å². The molecule has 0 unspecified atom stereocenters. The quantitative estimate of drug-likeness (QED) is 0.833. The first-order chi connectivity index (χ1) is 12.7. The van der Waals surface area contributed by atoms with E-state index in [0.29, 0.717) is 19.5 Å². The topological polar surface area (TPSA) is 60.2 Å². The van der Waals surface area contributed by atoms with Gasteiger partial charge in [-0.3, -0.25) is 14.7 Å². The van der Waals surface area contributed by atoms with E-state index in [2.05, 4.69) is 22.9 Å². The summed E-state index contributed by atoms with van der Waals surface area (Å²) < 4.78 is 0. The third-order valence-electron chi connectivity index (χ3n) is 5.03. The smallest absolute Gasteiger partial charge is 0.223 e. The van der Waals surface area contributed by atoms with E-state index >= 15 is 0 Å². The molecule has 5 heteroatoms. The van der Waals surface area contributed by atoms with E-state index in [1.54, 1.807) is 12.4 Å². The van der Waals surface area contributed by atoms with Crippen LogP contribution in [0.4, 0.5) is 0 Å². The molecule has 1 aliphatic rings. The van der Waals surface area contributed by atoms with Gasteiger partial charge in [-0.1, -0.05) is 37.3 Å². The van der Waals surface area contributed by atoms with Gasteiger partial charge < -0.3 is 4.90 Å². The number of piperazine rings is 1. The summed E-state index contributed by atoms with van der Waals surface area (Å²) in [4.78, 5) is 20.7. The van der Waals surface area contributed by atoms with Crippen molar-refractivity contribution in [3.63, 3.8) is 0 Å². The summed E-state index contributed by atoms with van der Waals surface area (Å²) in [5, 5.41) is 9.57. The summed E-state index contributed by atoms with van der Waals surface area (Å²) in [6, 6.07) is 15.9. The van der Waals surface area contributed by atoms with Crippen LogP contribution in [0.2, 0.25) is 0 Å². The Labute approximate surface area is 154 Å². The summed E-state index contributed by atoms with van der Waals surface area (Å²) in [5.41, 5.74) is 2.15. The van der Waals surface area contributed by atoms with Crippen molar-refractivity contribution >= 4 is 5.91 Å². The Balaban J connectivity index is 1.55. The molecule has 3 rings (SSSR count). The van der Waals surface area contributed by atoms with Crippen molar-refractivity contribution in [2.45, 2.75) is 25.3 Å². The number of benzene rings is 1. The van der Waals surface area contributed by atoms with Crippen LogP contribution in [0.5, 0.6) is 0 Å². The van der Waals surface area contributed by atoms with Crippen LogP contribution in [0.3, 0.4) is 0 Å². The van der Waals surface area contributed by atoms with Crippen LogP contribution in [-0.2, 0) is 4.79 Å².